The highest BCUT2D eigenvalue weighted by Gasteiger charge is 2.24. The Balaban J connectivity index is 1.52. The number of methoxy groups -OCH3 is 1. The topological polar surface area (TPSA) is 50.8 Å². The number of rotatable bonds is 9. The number of carbonyl (C=O) groups is 1. The lowest BCUT2D eigenvalue weighted by atomic mass is 10.0. The molecule has 0 radical (unpaired) electrons. The van der Waals surface area contributed by atoms with E-state index < -0.39 is 0 Å². The summed E-state index contributed by atoms with van der Waals surface area (Å²) in [4.78, 5) is 14.7. The van der Waals surface area contributed by atoms with Crippen LogP contribution in [-0.2, 0) is 4.79 Å². The summed E-state index contributed by atoms with van der Waals surface area (Å²) >= 11 is 5.86. The minimum Gasteiger partial charge on any atom is -0.497 e. The maximum atomic E-state index is 12.3. The monoisotopic (exact) mass is 402 g/mol. The molecule has 0 spiro atoms. The maximum Gasteiger partial charge on any atom is 0.223 e. The molecule has 0 bridgehead atoms. The van der Waals surface area contributed by atoms with Gasteiger partial charge < -0.3 is 14.8 Å². The van der Waals surface area contributed by atoms with Gasteiger partial charge in [-0.25, -0.2) is 0 Å². The highest BCUT2D eigenvalue weighted by Crippen LogP contribution is 2.27. The number of hydrogen-bond donors (Lipinski definition) is 1. The quantitative estimate of drug-likeness (QED) is 0.686. The average Bonchev–Trinajstić information content (AvgIpc) is 3.24. The van der Waals surface area contributed by atoms with Crippen molar-refractivity contribution in [2.75, 3.05) is 33.4 Å². The van der Waals surface area contributed by atoms with Gasteiger partial charge in [-0.15, -0.1) is 0 Å². The fourth-order valence-electron chi connectivity index (χ4n) is 3.45. The van der Waals surface area contributed by atoms with Gasteiger partial charge in [0, 0.05) is 11.6 Å². The van der Waals surface area contributed by atoms with E-state index in [-0.39, 0.29) is 11.9 Å². The molecule has 1 atom stereocenters. The van der Waals surface area contributed by atoms with Gasteiger partial charge in [-0.1, -0.05) is 23.7 Å². The van der Waals surface area contributed by atoms with E-state index in [0.717, 1.165) is 18.8 Å². The van der Waals surface area contributed by atoms with E-state index >= 15 is 0 Å². The molecule has 1 saturated heterocycles. The smallest absolute Gasteiger partial charge is 0.223 e. The molecular weight excluding hydrogens is 376 g/mol. The zero-order valence-corrected chi connectivity index (χ0v) is 17.0. The normalized spacial score (nSPS) is 15.2. The lowest BCUT2D eigenvalue weighted by Crippen LogP contribution is -2.37. The Labute approximate surface area is 171 Å². The van der Waals surface area contributed by atoms with Crippen LogP contribution in [0.3, 0.4) is 0 Å². The zero-order valence-electron chi connectivity index (χ0n) is 16.2. The Bertz CT molecular complexity index is 761. The van der Waals surface area contributed by atoms with Gasteiger partial charge in [0.2, 0.25) is 5.91 Å². The van der Waals surface area contributed by atoms with Crippen molar-refractivity contribution in [2.24, 2.45) is 0 Å². The van der Waals surface area contributed by atoms with Crippen LogP contribution >= 0.6 is 11.6 Å². The molecule has 1 aliphatic rings. The molecule has 3 rings (SSSR count). The molecule has 2 aromatic carbocycles. The third-order valence-electron chi connectivity index (χ3n) is 4.96. The van der Waals surface area contributed by atoms with Crippen molar-refractivity contribution in [3.8, 4) is 11.5 Å². The van der Waals surface area contributed by atoms with Crippen LogP contribution in [-0.4, -0.2) is 44.2 Å². The van der Waals surface area contributed by atoms with Crippen molar-refractivity contribution in [3.05, 3.63) is 59.1 Å². The molecule has 1 aliphatic heterocycles. The molecule has 1 heterocycles. The van der Waals surface area contributed by atoms with Gasteiger partial charge in [-0.05, 0) is 67.9 Å². The minimum absolute atomic E-state index is 0.0129. The first-order chi connectivity index (χ1) is 13.7. The van der Waals surface area contributed by atoms with Crippen molar-refractivity contribution < 1.29 is 14.3 Å². The second kappa shape index (κ2) is 10.3. The van der Waals surface area contributed by atoms with E-state index in [1.165, 1.54) is 18.4 Å². The van der Waals surface area contributed by atoms with Crippen molar-refractivity contribution >= 4 is 17.5 Å². The molecule has 6 heteroatoms. The second-order valence-corrected chi connectivity index (χ2v) is 7.33. The van der Waals surface area contributed by atoms with E-state index in [1.807, 2.05) is 12.1 Å². The van der Waals surface area contributed by atoms with Crippen LogP contribution < -0.4 is 14.8 Å². The number of nitrogens with one attached hydrogen (secondary N) is 1. The molecule has 1 N–H and O–H groups in total. The van der Waals surface area contributed by atoms with Gasteiger partial charge in [0.15, 0.2) is 0 Å². The molecule has 0 aromatic heterocycles. The molecule has 1 amide bonds. The third-order valence-corrected chi connectivity index (χ3v) is 5.22. The Morgan fingerprint density at radius 1 is 1.14 bits per heavy atom. The van der Waals surface area contributed by atoms with E-state index in [0.29, 0.717) is 30.3 Å². The van der Waals surface area contributed by atoms with Gasteiger partial charge in [-0.3, -0.25) is 9.69 Å². The summed E-state index contributed by atoms with van der Waals surface area (Å²) in [6, 6.07) is 15.4. The predicted molar refractivity (Wildman–Crippen MR) is 111 cm³/mol. The first kappa shape index (κ1) is 20.5. The Kier molecular flexibility index (Phi) is 7.57. The van der Waals surface area contributed by atoms with Crippen LogP contribution in [0.4, 0.5) is 0 Å². The number of likely N-dealkylation sites (tertiary alicyclic amines) is 1. The molecule has 2 aromatic rings. The molecule has 0 aliphatic carbocycles. The van der Waals surface area contributed by atoms with Gasteiger partial charge >= 0.3 is 0 Å². The second-order valence-electron chi connectivity index (χ2n) is 6.89. The predicted octanol–water partition coefficient (Wildman–Crippen LogP) is 4.07. The highest BCUT2D eigenvalue weighted by atomic mass is 35.5. The van der Waals surface area contributed by atoms with Crippen LogP contribution in [0.2, 0.25) is 5.02 Å². The van der Waals surface area contributed by atoms with Crippen LogP contribution in [0.5, 0.6) is 11.5 Å². The van der Waals surface area contributed by atoms with Gasteiger partial charge in [-0.2, -0.15) is 0 Å². The zero-order chi connectivity index (χ0) is 19.8. The summed E-state index contributed by atoms with van der Waals surface area (Å²) in [6.07, 6.45) is 2.71. The number of benzene rings is 2. The average molecular weight is 403 g/mol. The summed E-state index contributed by atoms with van der Waals surface area (Å²) in [7, 11) is 1.67. The molecule has 28 heavy (non-hydrogen) atoms. The van der Waals surface area contributed by atoms with Crippen molar-refractivity contribution in [1.29, 1.82) is 0 Å². The maximum absolute atomic E-state index is 12.3. The Hall–Kier alpha value is -2.24. The number of halogens is 1. The largest absolute Gasteiger partial charge is 0.497 e. The summed E-state index contributed by atoms with van der Waals surface area (Å²) in [5.74, 6) is 1.54. The van der Waals surface area contributed by atoms with Crippen LogP contribution in [0.25, 0.3) is 0 Å². The van der Waals surface area contributed by atoms with Crippen molar-refractivity contribution in [2.45, 2.75) is 25.3 Å². The molecule has 0 saturated carbocycles. The number of ether oxygens (including phenoxy) is 2. The summed E-state index contributed by atoms with van der Waals surface area (Å²) in [6.45, 7) is 3.02. The number of carbonyl (C=O) groups excluding carboxylic acids is 1. The first-order valence-electron chi connectivity index (χ1n) is 9.69. The van der Waals surface area contributed by atoms with E-state index in [4.69, 9.17) is 21.1 Å². The van der Waals surface area contributed by atoms with Crippen molar-refractivity contribution in [1.82, 2.24) is 10.2 Å². The van der Waals surface area contributed by atoms with Crippen LogP contribution in [0.15, 0.2) is 48.5 Å². The first-order valence-corrected chi connectivity index (χ1v) is 10.1. The summed E-state index contributed by atoms with van der Waals surface area (Å²) in [5, 5.41) is 3.73. The fourth-order valence-corrected chi connectivity index (χ4v) is 3.58. The number of hydrogen-bond acceptors (Lipinski definition) is 4. The molecule has 5 nitrogen and oxygen atoms in total. The van der Waals surface area contributed by atoms with Crippen LogP contribution in [0, 0.1) is 0 Å². The van der Waals surface area contributed by atoms with E-state index in [9.17, 15) is 4.79 Å². The van der Waals surface area contributed by atoms with Gasteiger partial charge in [0.05, 0.1) is 26.2 Å². The van der Waals surface area contributed by atoms with Crippen LogP contribution in [0.1, 0.15) is 30.9 Å². The number of amides is 1. The molecular formula is C22H27ClN2O3. The lowest BCUT2D eigenvalue weighted by molar-refractivity contribution is -0.121. The van der Waals surface area contributed by atoms with E-state index in [2.05, 4.69) is 22.3 Å². The Morgan fingerprint density at radius 3 is 2.61 bits per heavy atom. The van der Waals surface area contributed by atoms with Gasteiger partial charge in [0.25, 0.3) is 0 Å². The standard InChI is InChI=1S/C22H27ClN2O3/c1-27-20-6-4-5-17(15-20)21(25-12-2-3-13-25)16-24-22(26)11-14-28-19-9-7-18(23)8-10-19/h4-10,15,21H,2-3,11-14,16H2,1H3,(H,24,26). The highest BCUT2D eigenvalue weighted by molar-refractivity contribution is 6.30. The lowest BCUT2D eigenvalue weighted by Gasteiger charge is -2.28. The fraction of sp³-hybridized carbons (Fsp3) is 0.409. The van der Waals surface area contributed by atoms with Gasteiger partial charge in [0.1, 0.15) is 11.5 Å². The van der Waals surface area contributed by atoms with E-state index in [1.54, 1.807) is 31.4 Å². The minimum atomic E-state index is -0.0129. The SMILES string of the molecule is COc1cccc(C(CNC(=O)CCOc2ccc(Cl)cc2)N2CCCC2)c1. The number of nitrogens with zero attached hydrogens (tertiary/aromatic N) is 1. The molecule has 1 fully saturated rings. The summed E-state index contributed by atoms with van der Waals surface area (Å²) in [5.41, 5.74) is 1.17. The third kappa shape index (κ3) is 5.88. The molecule has 150 valence electrons. The Morgan fingerprint density at radius 2 is 1.89 bits per heavy atom. The summed E-state index contributed by atoms with van der Waals surface area (Å²) < 4.78 is 11.0. The van der Waals surface area contributed by atoms with Crippen molar-refractivity contribution in [3.63, 3.8) is 0 Å². The molecule has 1 unspecified atom stereocenters.